The molecule has 0 aliphatic heterocycles. The van der Waals surface area contributed by atoms with Gasteiger partial charge in [-0.3, -0.25) is 10.1 Å². The second-order valence-electron chi connectivity index (χ2n) is 4.15. The van der Waals surface area contributed by atoms with Gasteiger partial charge < -0.3 is 10.4 Å². The van der Waals surface area contributed by atoms with Gasteiger partial charge in [-0.1, -0.05) is 0 Å². The van der Waals surface area contributed by atoms with E-state index in [0.29, 0.717) is 11.1 Å². The number of nitro groups is 1. The molecule has 0 spiro atoms. The number of thiazole rings is 1. The topological polar surface area (TPSA) is 105 Å². The first-order valence-electron chi connectivity index (χ1n) is 5.74. The number of nitrogens with zero attached hydrogens (tertiary/aromatic N) is 2. The fourth-order valence-corrected chi connectivity index (χ4v) is 2.39. The predicted molar refractivity (Wildman–Crippen MR) is 74.2 cm³/mol. The summed E-state index contributed by atoms with van der Waals surface area (Å²) in [6, 6.07) is 1.51. The Kier molecular flexibility index (Phi) is 4.13. The van der Waals surface area contributed by atoms with E-state index in [-0.39, 0.29) is 12.2 Å². The van der Waals surface area contributed by atoms with Crippen molar-refractivity contribution in [2.24, 2.45) is 0 Å². The smallest absolute Gasteiger partial charge is 0.338 e. The van der Waals surface area contributed by atoms with Crippen molar-refractivity contribution < 1.29 is 19.2 Å². The molecule has 1 aromatic heterocycles. The zero-order valence-corrected chi connectivity index (χ0v) is 11.6. The first-order chi connectivity index (χ1) is 9.88. The number of nitrogens with one attached hydrogen (secondary N) is 1. The Morgan fingerprint density at radius 1 is 1.57 bits per heavy atom. The van der Waals surface area contributed by atoms with E-state index in [2.05, 4.69) is 10.3 Å². The number of carbonyl (C=O) groups is 1. The summed E-state index contributed by atoms with van der Waals surface area (Å²) in [7, 11) is 0. The molecule has 2 aromatic rings. The quantitative estimate of drug-likeness (QED) is 0.649. The Balaban J connectivity index is 2.33. The first kappa shape index (κ1) is 14.9. The van der Waals surface area contributed by atoms with E-state index in [1.807, 2.05) is 12.3 Å². The Hall–Kier alpha value is -2.55. The fourth-order valence-electron chi connectivity index (χ4n) is 1.67. The van der Waals surface area contributed by atoms with E-state index in [1.165, 1.54) is 11.3 Å². The van der Waals surface area contributed by atoms with Gasteiger partial charge in [-0.05, 0) is 13.0 Å². The minimum atomic E-state index is -1.49. The summed E-state index contributed by atoms with van der Waals surface area (Å²) in [5.74, 6) is -2.64. The number of hydrogen-bond acceptors (Lipinski definition) is 6. The number of carboxylic acid groups (broad SMARTS) is 1. The summed E-state index contributed by atoms with van der Waals surface area (Å²) < 4.78 is 13.5. The predicted octanol–water partition coefficient (Wildman–Crippen LogP) is 2.81. The van der Waals surface area contributed by atoms with Gasteiger partial charge in [-0.15, -0.1) is 11.3 Å². The third-order valence-corrected chi connectivity index (χ3v) is 3.58. The van der Waals surface area contributed by atoms with Gasteiger partial charge in [0, 0.05) is 11.1 Å². The highest BCUT2D eigenvalue weighted by Crippen LogP contribution is 2.28. The van der Waals surface area contributed by atoms with Crippen molar-refractivity contribution in [3.63, 3.8) is 0 Å². The van der Waals surface area contributed by atoms with Crippen LogP contribution in [0.4, 0.5) is 15.8 Å². The van der Waals surface area contributed by atoms with Crippen LogP contribution in [0.25, 0.3) is 0 Å². The van der Waals surface area contributed by atoms with Gasteiger partial charge in [-0.2, -0.15) is 0 Å². The number of hydrogen-bond donors (Lipinski definition) is 2. The van der Waals surface area contributed by atoms with Gasteiger partial charge in [0.1, 0.15) is 16.5 Å². The molecule has 9 heteroatoms. The van der Waals surface area contributed by atoms with E-state index in [1.54, 1.807) is 0 Å². The van der Waals surface area contributed by atoms with Crippen LogP contribution >= 0.6 is 11.3 Å². The van der Waals surface area contributed by atoms with Crippen molar-refractivity contribution >= 4 is 28.7 Å². The highest BCUT2D eigenvalue weighted by atomic mass is 32.1. The lowest BCUT2D eigenvalue weighted by atomic mass is 10.1. The summed E-state index contributed by atoms with van der Waals surface area (Å²) in [5, 5.41) is 25.0. The maximum atomic E-state index is 13.5. The number of aromatic carboxylic acids is 1. The first-order valence-corrected chi connectivity index (χ1v) is 6.62. The molecule has 21 heavy (non-hydrogen) atoms. The third-order valence-electron chi connectivity index (χ3n) is 2.61. The molecule has 1 aromatic carbocycles. The molecule has 2 rings (SSSR count). The summed E-state index contributed by atoms with van der Waals surface area (Å²) >= 11 is 1.36. The van der Waals surface area contributed by atoms with Crippen molar-refractivity contribution in [2.75, 3.05) is 5.32 Å². The van der Waals surface area contributed by atoms with Crippen molar-refractivity contribution in [2.45, 2.75) is 13.5 Å². The minimum Gasteiger partial charge on any atom is -0.478 e. The van der Waals surface area contributed by atoms with Crippen molar-refractivity contribution in [1.29, 1.82) is 0 Å². The number of carboxylic acids is 1. The number of aromatic nitrogens is 1. The highest BCUT2D eigenvalue weighted by molar-refractivity contribution is 7.09. The van der Waals surface area contributed by atoms with Crippen LogP contribution in [0.15, 0.2) is 17.5 Å². The molecule has 0 saturated heterocycles. The molecule has 0 radical (unpaired) electrons. The molecule has 0 aliphatic carbocycles. The van der Waals surface area contributed by atoms with E-state index in [0.717, 1.165) is 11.8 Å². The van der Waals surface area contributed by atoms with Crippen molar-refractivity contribution in [3.05, 3.63) is 49.7 Å². The number of rotatable bonds is 5. The number of halogens is 1. The van der Waals surface area contributed by atoms with E-state index < -0.39 is 28.0 Å². The van der Waals surface area contributed by atoms with E-state index >= 15 is 0 Å². The molecule has 0 unspecified atom stereocenters. The van der Waals surface area contributed by atoms with E-state index in [4.69, 9.17) is 5.11 Å². The van der Waals surface area contributed by atoms with Gasteiger partial charge in [0.2, 0.25) is 0 Å². The van der Waals surface area contributed by atoms with E-state index in [9.17, 15) is 19.3 Å². The number of aryl methyl sites for hydroxylation is 1. The lowest BCUT2D eigenvalue weighted by Crippen LogP contribution is -2.07. The molecule has 110 valence electrons. The molecular weight excluding hydrogens is 301 g/mol. The van der Waals surface area contributed by atoms with Gasteiger partial charge in [0.05, 0.1) is 23.1 Å². The van der Waals surface area contributed by atoms with Gasteiger partial charge >= 0.3 is 5.97 Å². The zero-order chi connectivity index (χ0) is 15.6. The Bertz CT molecular complexity index is 717. The lowest BCUT2D eigenvalue weighted by Gasteiger charge is -2.07. The number of nitro benzene ring substituents is 1. The fraction of sp³-hybridized carbons (Fsp3) is 0.167. The van der Waals surface area contributed by atoms with Crippen LogP contribution in [0.3, 0.4) is 0 Å². The van der Waals surface area contributed by atoms with Crippen LogP contribution in [0, 0.1) is 22.9 Å². The van der Waals surface area contributed by atoms with Crippen molar-refractivity contribution in [1.82, 2.24) is 4.98 Å². The SMILES string of the molecule is Cc1csc(CNc2cc(C(=O)O)c(F)cc2[N+](=O)[O-])n1. The monoisotopic (exact) mass is 311 g/mol. The maximum Gasteiger partial charge on any atom is 0.338 e. The maximum absolute atomic E-state index is 13.5. The number of benzene rings is 1. The Labute approximate surface area is 122 Å². The third kappa shape index (κ3) is 3.31. The highest BCUT2D eigenvalue weighted by Gasteiger charge is 2.21. The lowest BCUT2D eigenvalue weighted by molar-refractivity contribution is -0.384. The standard InChI is InChI=1S/C12H10FN3O4S/c1-6-5-21-11(15-6)4-14-9-2-7(12(17)18)8(13)3-10(9)16(19)20/h2-3,5,14H,4H2,1H3,(H,17,18). The molecule has 0 saturated carbocycles. The molecule has 0 bridgehead atoms. The largest absolute Gasteiger partial charge is 0.478 e. The summed E-state index contributed by atoms with van der Waals surface area (Å²) in [4.78, 5) is 25.2. The van der Waals surface area contributed by atoms with Crippen LogP contribution < -0.4 is 5.32 Å². The molecule has 0 amide bonds. The van der Waals surface area contributed by atoms with Crippen LogP contribution in [-0.4, -0.2) is 21.0 Å². The summed E-state index contributed by atoms with van der Waals surface area (Å²) in [5.41, 5.74) is -0.396. The molecule has 0 aliphatic rings. The molecule has 7 nitrogen and oxygen atoms in total. The average Bonchev–Trinajstić information content (AvgIpc) is 2.82. The van der Waals surface area contributed by atoms with Gasteiger partial charge in [0.15, 0.2) is 0 Å². The molecule has 0 fully saturated rings. The summed E-state index contributed by atoms with van der Waals surface area (Å²) in [6.45, 7) is 1.99. The number of anilines is 1. The molecule has 1 heterocycles. The van der Waals surface area contributed by atoms with Crippen LogP contribution in [0.1, 0.15) is 21.1 Å². The molecular formula is C12H10FN3O4S. The van der Waals surface area contributed by atoms with Crippen LogP contribution in [-0.2, 0) is 6.54 Å². The molecule has 2 N–H and O–H groups in total. The second kappa shape index (κ2) is 5.83. The van der Waals surface area contributed by atoms with Crippen LogP contribution in [0.5, 0.6) is 0 Å². The Morgan fingerprint density at radius 2 is 2.29 bits per heavy atom. The second-order valence-corrected chi connectivity index (χ2v) is 5.09. The van der Waals surface area contributed by atoms with Crippen molar-refractivity contribution in [3.8, 4) is 0 Å². The summed E-state index contributed by atoms with van der Waals surface area (Å²) in [6.07, 6.45) is 0. The van der Waals surface area contributed by atoms with Gasteiger partial charge in [0.25, 0.3) is 5.69 Å². The van der Waals surface area contributed by atoms with Gasteiger partial charge in [-0.25, -0.2) is 14.2 Å². The normalized spacial score (nSPS) is 10.4. The minimum absolute atomic E-state index is 0.0633. The average molecular weight is 311 g/mol. The Morgan fingerprint density at radius 3 is 2.81 bits per heavy atom. The van der Waals surface area contributed by atoms with Crippen LogP contribution in [0.2, 0.25) is 0 Å². The molecule has 0 atom stereocenters. The zero-order valence-electron chi connectivity index (χ0n) is 10.8.